The van der Waals surface area contributed by atoms with E-state index in [4.69, 9.17) is 10.4 Å². The molecule has 0 aromatic heterocycles. The maximum atomic E-state index is 12.5. The standard InChI is InChI=1S/C19H23N3O4/c20-12-16(19(25)26)21-17(23)11-15(13-7-3-1-4-8-13)22-18(24)14-9-5-2-6-10-14/h2,5-6,9-10,13,15-16H,1,3-4,7-8,11H2,(H,21,23)(H,22,24)(H,25,26). The molecule has 1 aromatic rings. The Balaban J connectivity index is 2.06. The minimum Gasteiger partial charge on any atom is -0.479 e. The summed E-state index contributed by atoms with van der Waals surface area (Å²) in [6, 6.07) is 8.30. The van der Waals surface area contributed by atoms with Crippen LogP contribution >= 0.6 is 0 Å². The van der Waals surface area contributed by atoms with Crippen LogP contribution in [0.15, 0.2) is 30.3 Å². The first kappa shape index (κ1) is 19.4. The van der Waals surface area contributed by atoms with Gasteiger partial charge in [0.2, 0.25) is 11.9 Å². The number of nitriles is 1. The van der Waals surface area contributed by atoms with E-state index in [9.17, 15) is 14.4 Å². The molecule has 1 saturated carbocycles. The highest BCUT2D eigenvalue weighted by molar-refractivity contribution is 5.94. The van der Waals surface area contributed by atoms with E-state index in [1.165, 1.54) is 6.07 Å². The van der Waals surface area contributed by atoms with Crippen molar-refractivity contribution in [3.8, 4) is 6.07 Å². The Morgan fingerprint density at radius 3 is 2.35 bits per heavy atom. The monoisotopic (exact) mass is 357 g/mol. The van der Waals surface area contributed by atoms with Crippen molar-refractivity contribution in [3.63, 3.8) is 0 Å². The number of rotatable bonds is 7. The molecule has 1 aliphatic carbocycles. The van der Waals surface area contributed by atoms with E-state index in [1.807, 2.05) is 6.07 Å². The zero-order chi connectivity index (χ0) is 18.9. The summed E-state index contributed by atoms with van der Waals surface area (Å²) >= 11 is 0. The molecule has 2 atom stereocenters. The molecule has 1 fully saturated rings. The van der Waals surface area contributed by atoms with Crippen LogP contribution in [0.25, 0.3) is 0 Å². The summed E-state index contributed by atoms with van der Waals surface area (Å²) in [7, 11) is 0. The third kappa shape index (κ3) is 5.59. The summed E-state index contributed by atoms with van der Waals surface area (Å²) < 4.78 is 0. The fourth-order valence-corrected chi connectivity index (χ4v) is 3.28. The highest BCUT2D eigenvalue weighted by atomic mass is 16.4. The second kappa shape index (κ2) is 9.56. The first-order chi connectivity index (χ1) is 12.5. The molecule has 0 radical (unpaired) electrons. The number of nitrogens with zero attached hydrogens (tertiary/aromatic N) is 1. The third-order valence-corrected chi connectivity index (χ3v) is 4.66. The molecule has 0 heterocycles. The summed E-state index contributed by atoms with van der Waals surface area (Å²) in [5.41, 5.74) is 0.508. The molecule has 7 nitrogen and oxygen atoms in total. The first-order valence-electron chi connectivity index (χ1n) is 8.79. The summed E-state index contributed by atoms with van der Waals surface area (Å²) in [5, 5.41) is 22.8. The molecule has 138 valence electrons. The van der Waals surface area contributed by atoms with Crippen LogP contribution in [-0.2, 0) is 9.59 Å². The van der Waals surface area contributed by atoms with Gasteiger partial charge in [0.25, 0.3) is 5.91 Å². The Morgan fingerprint density at radius 2 is 1.77 bits per heavy atom. The smallest absolute Gasteiger partial charge is 0.341 e. The van der Waals surface area contributed by atoms with Gasteiger partial charge >= 0.3 is 5.97 Å². The third-order valence-electron chi connectivity index (χ3n) is 4.66. The van der Waals surface area contributed by atoms with E-state index in [0.29, 0.717) is 5.56 Å². The van der Waals surface area contributed by atoms with E-state index in [2.05, 4.69) is 10.6 Å². The van der Waals surface area contributed by atoms with Gasteiger partial charge in [-0.15, -0.1) is 0 Å². The van der Waals surface area contributed by atoms with Crippen LogP contribution in [0.5, 0.6) is 0 Å². The van der Waals surface area contributed by atoms with Crippen LogP contribution in [0.2, 0.25) is 0 Å². The van der Waals surface area contributed by atoms with Gasteiger partial charge in [-0.1, -0.05) is 37.5 Å². The van der Waals surface area contributed by atoms with Gasteiger partial charge in [-0.3, -0.25) is 9.59 Å². The summed E-state index contributed by atoms with van der Waals surface area (Å²) in [5.74, 6) is -2.05. The van der Waals surface area contributed by atoms with Crippen molar-refractivity contribution in [2.75, 3.05) is 0 Å². The minimum atomic E-state index is -1.58. The maximum absolute atomic E-state index is 12.5. The van der Waals surface area contributed by atoms with Crippen molar-refractivity contribution >= 4 is 17.8 Å². The molecule has 1 aromatic carbocycles. The number of amides is 2. The second-order valence-corrected chi connectivity index (χ2v) is 6.52. The first-order valence-corrected chi connectivity index (χ1v) is 8.79. The van der Waals surface area contributed by atoms with Gasteiger partial charge in [0.1, 0.15) is 0 Å². The lowest BCUT2D eigenvalue weighted by molar-refractivity contribution is -0.140. The fraction of sp³-hybridized carbons (Fsp3) is 0.474. The molecular formula is C19H23N3O4. The number of hydrogen-bond acceptors (Lipinski definition) is 4. The van der Waals surface area contributed by atoms with Crippen LogP contribution in [0, 0.1) is 17.2 Å². The molecule has 0 bridgehead atoms. The van der Waals surface area contributed by atoms with Crippen LogP contribution in [0.3, 0.4) is 0 Å². The topological polar surface area (TPSA) is 119 Å². The molecule has 3 N–H and O–H groups in total. The SMILES string of the molecule is N#CC(NC(=O)CC(NC(=O)c1ccccc1)C1CCCCC1)C(=O)O. The predicted molar refractivity (Wildman–Crippen MR) is 94.1 cm³/mol. The highest BCUT2D eigenvalue weighted by Crippen LogP contribution is 2.28. The second-order valence-electron chi connectivity index (χ2n) is 6.52. The van der Waals surface area contributed by atoms with Gasteiger partial charge in [0, 0.05) is 18.0 Å². The van der Waals surface area contributed by atoms with Crippen LogP contribution in [-0.4, -0.2) is 35.0 Å². The van der Waals surface area contributed by atoms with Crippen LogP contribution < -0.4 is 10.6 Å². The summed E-state index contributed by atoms with van der Waals surface area (Å²) in [6.07, 6.45) is 4.99. The maximum Gasteiger partial charge on any atom is 0.341 e. The molecule has 7 heteroatoms. The number of carbonyl (C=O) groups excluding carboxylic acids is 2. The molecule has 26 heavy (non-hydrogen) atoms. The highest BCUT2D eigenvalue weighted by Gasteiger charge is 2.29. The number of nitrogens with one attached hydrogen (secondary N) is 2. The molecular weight excluding hydrogens is 334 g/mol. The van der Waals surface area contributed by atoms with Crippen molar-refractivity contribution in [2.45, 2.75) is 50.6 Å². The van der Waals surface area contributed by atoms with E-state index in [1.54, 1.807) is 24.3 Å². The van der Waals surface area contributed by atoms with Crippen LogP contribution in [0.4, 0.5) is 0 Å². The van der Waals surface area contributed by atoms with Crippen molar-refractivity contribution in [1.29, 1.82) is 5.26 Å². The number of hydrogen-bond donors (Lipinski definition) is 3. The molecule has 0 aliphatic heterocycles. The number of carboxylic acid groups (broad SMARTS) is 1. The Morgan fingerprint density at radius 1 is 1.12 bits per heavy atom. The van der Waals surface area contributed by atoms with Crippen molar-refractivity contribution in [1.82, 2.24) is 10.6 Å². The Bertz CT molecular complexity index is 678. The fourth-order valence-electron chi connectivity index (χ4n) is 3.28. The summed E-state index contributed by atoms with van der Waals surface area (Å²) in [6.45, 7) is 0. The summed E-state index contributed by atoms with van der Waals surface area (Å²) in [4.78, 5) is 35.6. The van der Waals surface area contributed by atoms with Crippen molar-refractivity contribution in [2.24, 2.45) is 5.92 Å². The quantitative estimate of drug-likeness (QED) is 0.688. The largest absolute Gasteiger partial charge is 0.479 e. The van der Waals surface area contributed by atoms with Gasteiger partial charge in [-0.2, -0.15) is 5.26 Å². The molecule has 2 unspecified atom stereocenters. The average molecular weight is 357 g/mol. The molecule has 0 spiro atoms. The normalized spacial score (nSPS) is 16.7. The average Bonchev–Trinajstić information content (AvgIpc) is 2.66. The Labute approximate surface area is 152 Å². The lowest BCUT2D eigenvalue weighted by Crippen LogP contribution is -2.47. The van der Waals surface area contributed by atoms with Gasteiger partial charge in [0.15, 0.2) is 0 Å². The number of benzene rings is 1. The van der Waals surface area contributed by atoms with E-state index < -0.39 is 24.0 Å². The van der Waals surface area contributed by atoms with Crippen LogP contribution in [0.1, 0.15) is 48.9 Å². The van der Waals surface area contributed by atoms with Crippen molar-refractivity contribution in [3.05, 3.63) is 35.9 Å². The van der Waals surface area contributed by atoms with E-state index in [-0.39, 0.29) is 18.2 Å². The van der Waals surface area contributed by atoms with E-state index in [0.717, 1.165) is 32.1 Å². The number of aliphatic carboxylic acids is 1. The molecule has 2 amide bonds. The molecule has 1 aliphatic rings. The number of carbonyl (C=O) groups is 3. The van der Waals surface area contributed by atoms with Crippen molar-refractivity contribution < 1.29 is 19.5 Å². The van der Waals surface area contributed by atoms with E-state index >= 15 is 0 Å². The lowest BCUT2D eigenvalue weighted by atomic mass is 9.82. The zero-order valence-corrected chi connectivity index (χ0v) is 14.5. The lowest BCUT2D eigenvalue weighted by Gasteiger charge is -2.30. The van der Waals surface area contributed by atoms with Gasteiger partial charge in [-0.05, 0) is 30.9 Å². The van der Waals surface area contributed by atoms with Gasteiger partial charge in [-0.25, -0.2) is 4.79 Å². The molecule has 0 saturated heterocycles. The minimum absolute atomic E-state index is 0.0469. The predicted octanol–water partition coefficient (Wildman–Crippen LogP) is 1.85. The Kier molecular flexibility index (Phi) is 7.15. The van der Waals surface area contributed by atoms with Gasteiger partial charge < -0.3 is 15.7 Å². The zero-order valence-electron chi connectivity index (χ0n) is 14.5. The number of carboxylic acids is 1. The molecule has 2 rings (SSSR count). The van der Waals surface area contributed by atoms with Gasteiger partial charge in [0.05, 0.1) is 6.07 Å². The Hall–Kier alpha value is -2.88.